The zero-order valence-electron chi connectivity index (χ0n) is 14.7. The first-order valence-electron chi connectivity index (χ1n) is 8.59. The smallest absolute Gasteiger partial charge is 0.744 e. The molecule has 3 nitrogen and oxygen atoms in total. The van der Waals surface area contributed by atoms with Crippen LogP contribution in [0.25, 0.3) is 0 Å². The van der Waals surface area contributed by atoms with Crippen molar-refractivity contribution >= 4 is 10.1 Å². The first kappa shape index (κ1) is 23.8. The molecule has 0 radical (unpaired) electrons. The van der Waals surface area contributed by atoms with Gasteiger partial charge in [0, 0.05) is 0 Å². The molecular formula is C18H29KO3S. The minimum absolute atomic E-state index is 0. The molecule has 126 valence electrons. The van der Waals surface area contributed by atoms with Crippen molar-refractivity contribution in [3.8, 4) is 0 Å². The van der Waals surface area contributed by atoms with Crippen LogP contribution >= 0.6 is 0 Å². The van der Waals surface area contributed by atoms with Crippen molar-refractivity contribution in [3.63, 3.8) is 0 Å². The summed E-state index contributed by atoms with van der Waals surface area (Å²) < 4.78 is 32.9. The van der Waals surface area contributed by atoms with Crippen molar-refractivity contribution in [1.82, 2.24) is 0 Å². The summed E-state index contributed by atoms with van der Waals surface area (Å²) in [5.74, 6) is 0. The molecule has 0 saturated heterocycles. The number of unbranched alkanes of at least 4 members (excludes halogenated alkanes) is 9. The van der Waals surface area contributed by atoms with E-state index in [2.05, 4.69) is 6.92 Å². The Morgan fingerprint density at radius 1 is 0.870 bits per heavy atom. The van der Waals surface area contributed by atoms with Gasteiger partial charge in [-0.15, -0.1) is 0 Å². The molecule has 0 fully saturated rings. The van der Waals surface area contributed by atoms with E-state index in [1.165, 1.54) is 69.9 Å². The molecule has 0 saturated carbocycles. The zero-order chi connectivity index (χ0) is 16.3. The average Bonchev–Trinajstić information content (AvgIpc) is 2.49. The molecule has 0 aromatic heterocycles. The van der Waals surface area contributed by atoms with E-state index in [0.29, 0.717) is 0 Å². The Balaban J connectivity index is 0.00000484. The summed E-state index contributed by atoms with van der Waals surface area (Å²) in [4.78, 5) is -0.114. The van der Waals surface area contributed by atoms with Gasteiger partial charge in [0.25, 0.3) is 0 Å². The van der Waals surface area contributed by atoms with Gasteiger partial charge in [0.1, 0.15) is 10.1 Å². The summed E-state index contributed by atoms with van der Waals surface area (Å²) in [6.45, 7) is 2.24. The molecule has 0 N–H and O–H groups in total. The SMILES string of the molecule is CCCCCCCCCCCCc1cccc(S(=O)(=O)[O-])c1.[K+]. The number of aryl methyl sites for hydroxylation is 1. The molecule has 0 atom stereocenters. The topological polar surface area (TPSA) is 57.2 Å². The van der Waals surface area contributed by atoms with Gasteiger partial charge >= 0.3 is 51.4 Å². The Bertz CT molecular complexity index is 515. The third-order valence-electron chi connectivity index (χ3n) is 4.01. The van der Waals surface area contributed by atoms with Crippen molar-refractivity contribution < 1.29 is 64.4 Å². The maximum atomic E-state index is 11.0. The minimum Gasteiger partial charge on any atom is -0.744 e. The number of benzene rings is 1. The normalized spacial score (nSPS) is 11.2. The fraction of sp³-hybridized carbons (Fsp3) is 0.667. The van der Waals surface area contributed by atoms with Gasteiger partial charge in [-0.25, -0.2) is 8.42 Å². The molecule has 5 heteroatoms. The van der Waals surface area contributed by atoms with Gasteiger partial charge in [0.2, 0.25) is 0 Å². The van der Waals surface area contributed by atoms with E-state index in [1.54, 1.807) is 6.07 Å². The molecule has 1 aromatic carbocycles. The molecule has 0 spiro atoms. The Kier molecular flexibility index (Phi) is 14.5. The molecule has 0 heterocycles. The fourth-order valence-corrected chi connectivity index (χ4v) is 3.21. The van der Waals surface area contributed by atoms with Gasteiger partial charge < -0.3 is 4.55 Å². The van der Waals surface area contributed by atoms with E-state index in [1.807, 2.05) is 6.07 Å². The molecule has 0 bridgehead atoms. The zero-order valence-corrected chi connectivity index (χ0v) is 18.7. The third-order valence-corrected chi connectivity index (χ3v) is 4.84. The second-order valence-electron chi connectivity index (χ2n) is 6.03. The van der Waals surface area contributed by atoms with Crippen molar-refractivity contribution in [3.05, 3.63) is 29.8 Å². The molecule has 1 rings (SSSR count). The van der Waals surface area contributed by atoms with Crippen LogP contribution in [0.1, 0.15) is 76.7 Å². The van der Waals surface area contributed by atoms with Crippen LogP contribution in [0.15, 0.2) is 29.2 Å². The second kappa shape index (κ2) is 14.0. The van der Waals surface area contributed by atoms with Crippen LogP contribution in [-0.4, -0.2) is 13.0 Å². The maximum absolute atomic E-state index is 11.0. The molecule has 23 heavy (non-hydrogen) atoms. The molecule has 0 aliphatic carbocycles. The Morgan fingerprint density at radius 2 is 1.39 bits per heavy atom. The largest absolute Gasteiger partial charge is 1.00 e. The maximum Gasteiger partial charge on any atom is 1.00 e. The minimum atomic E-state index is -4.33. The van der Waals surface area contributed by atoms with Crippen LogP contribution in [0.2, 0.25) is 0 Å². The van der Waals surface area contributed by atoms with Crippen LogP contribution in [0.5, 0.6) is 0 Å². The van der Waals surface area contributed by atoms with Gasteiger partial charge in [-0.2, -0.15) is 0 Å². The van der Waals surface area contributed by atoms with Crippen molar-refractivity contribution in [2.45, 2.75) is 82.4 Å². The molecule has 1 aromatic rings. The van der Waals surface area contributed by atoms with E-state index in [4.69, 9.17) is 0 Å². The molecule has 0 amide bonds. The van der Waals surface area contributed by atoms with Crippen LogP contribution < -0.4 is 51.4 Å². The quantitative estimate of drug-likeness (QED) is 0.324. The number of hydrogen-bond donors (Lipinski definition) is 0. The summed E-state index contributed by atoms with van der Waals surface area (Å²) in [6, 6.07) is 6.42. The van der Waals surface area contributed by atoms with E-state index in [9.17, 15) is 13.0 Å². The molecule has 0 unspecified atom stereocenters. The van der Waals surface area contributed by atoms with Crippen molar-refractivity contribution in [2.24, 2.45) is 0 Å². The monoisotopic (exact) mass is 364 g/mol. The summed E-state index contributed by atoms with van der Waals surface area (Å²) in [6.07, 6.45) is 13.7. The average molecular weight is 365 g/mol. The van der Waals surface area contributed by atoms with E-state index >= 15 is 0 Å². The Hall–Kier alpha value is 0.766. The third kappa shape index (κ3) is 11.9. The van der Waals surface area contributed by atoms with Crippen molar-refractivity contribution in [2.75, 3.05) is 0 Å². The van der Waals surface area contributed by atoms with Crippen molar-refractivity contribution in [1.29, 1.82) is 0 Å². The summed E-state index contributed by atoms with van der Waals surface area (Å²) >= 11 is 0. The van der Waals surface area contributed by atoms with E-state index < -0.39 is 10.1 Å². The van der Waals surface area contributed by atoms with Gasteiger partial charge in [-0.1, -0.05) is 76.8 Å². The first-order valence-corrected chi connectivity index (χ1v) is 9.99. The standard InChI is InChI=1S/C18H30O3S.K/c1-2-3-4-5-6-7-8-9-10-11-13-17-14-12-15-18(16-17)22(19,20)21;/h12,14-16H,2-11,13H2,1H3,(H,19,20,21);/q;+1/p-1. The van der Waals surface area contributed by atoms with Gasteiger partial charge in [-0.3, -0.25) is 0 Å². The van der Waals surface area contributed by atoms with E-state index in [-0.39, 0.29) is 56.3 Å². The predicted molar refractivity (Wildman–Crippen MR) is 90.0 cm³/mol. The molecular weight excluding hydrogens is 335 g/mol. The Morgan fingerprint density at radius 3 is 1.91 bits per heavy atom. The summed E-state index contributed by atoms with van der Waals surface area (Å²) in [5.41, 5.74) is 0.941. The summed E-state index contributed by atoms with van der Waals surface area (Å²) in [7, 11) is -4.33. The first-order chi connectivity index (χ1) is 10.5. The van der Waals surface area contributed by atoms with Crippen LogP contribution in [-0.2, 0) is 16.5 Å². The van der Waals surface area contributed by atoms with E-state index in [0.717, 1.165) is 18.4 Å². The van der Waals surface area contributed by atoms with Crippen LogP contribution in [0.4, 0.5) is 0 Å². The fourth-order valence-electron chi connectivity index (χ4n) is 2.67. The van der Waals surface area contributed by atoms with Gasteiger partial charge in [-0.05, 0) is 30.5 Å². The second-order valence-corrected chi connectivity index (χ2v) is 7.41. The number of hydrogen-bond acceptors (Lipinski definition) is 3. The van der Waals surface area contributed by atoms with Crippen LogP contribution in [0.3, 0.4) is 0 Å². The van der Waals surface area contributed by atoms with Crippen LogP contribution in [0, 0.1) is 0 Å². The Labute approximate surface area is 184 Å². The number of rotatable bonds is 12. The summed E-state index contributed by atoms with van der Waals surface area (Å²) in [5, 5.41) is 0. The molecule has 0 aliphatic rings. The molecule has 0 aliphatic heterocycles. The van der Waals surface area contributed by atoms with Gasteiger partial charge in [0.15, 0.2) is 0 Å². The van der Waals surface area contributed by atoms with Gasteiger partial charge in [0.05, 0.1) is 4.90 Å². The predicted octanol–water partition coefficient (Wildman–Crippen LogP) is 2.06.